The minimum absolute atomic E-state index is 0.0402. The van der Waals surface area contributed by atoms with E-state index in [0.717, 1.165) is 33.4 Å². The number of nitrogens with one attached hydrogen (secondary N) is 6. The Morgan fingerprint density at radius 3 is 0.875 bits per heavy atom. The summed E-state index contributed by atoms with van der Waals surface area (Å²) in [5.74, 6) is -2.73. The standard InChI is InChI=1S/C33H54N6O9/c1-10-22-25(13-34-16-28(40)37-19(4)31(43)46-7)23(11-2)27(15-36-18-30(42)39-21(6)33(45)48-9)24(12-3)26(22)14-35-17-29(41)38-20(5)32(44)47-8/h19-21,34-36H,10-18H2,1-9H3,(H,37,40)(H,38,41)(H,39,42)/t19-,20-,21-/m0/s1. The Morgan fingerprint density at radius 2 is 0.688 bits per heavy atom. The van der Waals surface area contributed by atoms with Crippen LogP contribution in [0.2, 0.25) is 0 Å². The van der Waals surface area contributed by atoms with E-state index < -0.39 is 36.0 Å². The summed E-state index contributed by atoms with van der Waals surface area (Å²) in [5, 5.41) is 17.5. The number of esters is 3. The highest BCUT2D eigenvalue weighted by atomic mass is 16.5. The molecular formula is C33H54N6O9. The summed E-state index contributed by atoms with van der Waals surface area (Å²) in [6.07, 6.45) is 2.02. The van der Waals surface area contributed by atoms with Gasteiger partial charge in [0.15, 0.2) is 0 Å². The highest BCUT2D eigenvalue weighted by Gasteiger charge is 2.23. The van der Waals surface area contributed by atoms with E-state index >= 15 is 0 Å². The van der Waals surface area contributed by atoms with Crippen molar-refractivity contribution in [1.82, 2.24) is 31.9 Å². The highest BCUT2D eigenvalue weighted by molar-refractivity contribution is 5.86. The number of methoxy groups -OCH3 is 3. The van der Waals surface area contributed by atoms with Crippen molar-refractivity contribution >= 4 is 35.6 Å². The molecule has 0 saturated carbocycles. The Morgan fingerprint density at radius 1 is 0.458 bits per heavy atom. The molecular weight excluding hydrogens is 624 g/mol. The van der Waals surface area contributed by atoms with Gasteiger partial charge in [0.1, 0.15) is 18.1 Å². The molecule has 0 radical (unpaired) electrons. The number of carbonyl (C=O) groups excluding carboxylic acids is 6. The maximum Gasteiger partial charge on any atom is 0.328 e. The molecule has 0 fully saturated rings. The maximum atomic E-state index is 12.6. The molecule has 3 atom stereocenters. The third-order valence-electron chi connectivity index (χ3n) is 7.81. The van der Waals surface area contributed by atoms with Crippen molar-refractivity contribution in [2.45, 2.75) is 98.6 Å². The lowest BCUT2D eigenvalue weighted by atomic mass is 9.83. The lowest BCUT2D eigenvalue weighted by Crippen LogP contribution is -2.43. The van der Waals surface area contributed by atoms with Crippen LogP contribution in [0, 0.1) is 0 Å². The van der Waals surface area contributed by atoms with E-state index in [-0.39, 0.29) is 37.4 Å². The van der Waals surface area contributed by atoms with Crippen molar-refractivity contribution in [3.8, 4) is 0 Å². The summed E-state index contributed by atoms with van der Waals surface area (Å²) in [7, 11) is 3.77. The zero-order chi connectivity index (χ0) is 36.4. The predicted molar refractivity (Wildman–Crippen MR) is 179 cm³/mol. The van der Waals surface area contributed by atoms with Crippen LogP contribution in [0.15, 0.2) is 0 Å². The van der Waals surface area contributed by atoms with Gasteiger partial charge >= 0.3 is 17.9 Å². The molecule has 0 aliphatic carbocycles. The molecule has 0 aromatic heterocycles. The monoisotopic (exact) mass is 678 g/mol. The Hall–Kier alpha value is -4.08. The van der Waals surface area contributed by atoms with Crippen molar-refractivity contribution in [3.05, 3.63) is 33.4 Å². The number of hydrogen-bond donors (Lipinski definition) is 6. The van der Waals surface area contributed by atoms with Crippen molar-refractivity contribution < 1.29 is 43.0 Å². The molecule has 48 heavy (non-hydrogen) atoms. The van der Waals surface area contributed by atoms with E-state index in [1.807, 2.05) is 20.8 Å². The van der Waals surface area contributed by atoms with Crippen molar-refractivity contribution in [3.63, 3.8) is 0 Å². The third-order valence-corrected chi connectivity index (χ3v) is 7.81. The SMILES string of the molecule is CCc1c(CNCC(=O)N[C@@H](C)C(=O)OC)c(CC)c(CNCC(=O)N[C@@H](C)C(=O)OC)c(CC)c1CNCC(=O)N[C@@H](C)C(=O)OC. The zero-order valence-corrected chi connectivity index (χ0v) is 29.8. The van der Waals surface area contributed by atoms with Crippen LogP contribution in [0.3, 0.4) is 0 Å². The van der Waals surface area contributed by atoms with E-state index in [4.69, 9.17) is 0 Å². The van der Waals surface area contributed by atoms with Gasteiger partial charge in [-0.1, -0.05) is 20.8 Å². The van der Waals surface area contributed by atoms with Gasteiger partial charge < -0.3 is 46.1 Å². The molecule has 1 aromatic carbocycles. The van der Waals surface area contributed by atoms with Gasteiger partial charge in [0.25, 0.3) is 0 Å². The first-order valence-electron chi connectivity index (χ1n) is 16.2. The van der Waals surface area contributed by atoms with Gasteiger partial charge in [-0.2, -0.15) is 0 Å². The van der Waals surface area contributed by atoms with Crippen LogP contribution in [-0.4, -0.2) is 94.7 Å². The van der Waals surface area contributed by atoms with Crippen LogP contribution >= 0.6 is 0 Å². The Labute approximate surface area is 283 Å². The summed E-state index contributed by atoms with van der Waals surface area (Å²) in [4.78, 5) is 72.9. The molecule has 0 bridgehead atoms. The van der Waals surface area contributed by atoms with E-state index in [1.165, 1.54) is 21.3 Å². The molecule has 0 saturated heterocycles. The largest absolute Gasteiger partial charge is 0.467 e. The van der Waals surface area contributed by atoms with E-state index in [0.29, 0.717) is 38.9 Å². The molecule has 0 aliphatic heterocycles. The zero-order valence-electron chi connectivity index (χ0n) is 29.8. The van der Waals surface area contributed by atoms with Crippen LogP contribution in [0.5, 0.6) is 0 Å². The minimum Gasteiger partial charge on any atom is -0.467 e. The quantitative estimate of drug-likeness (QED) is 0.0732. The van der Waals surface area contributed by atoms with Gasteiger partial charge in [0.2, 0.25) is 17.7 Å². The summed E-state index contributed by atoms with van der Waals surface area (Å²) < 4.78 is 14.0. The fourth-order valence-electron chi connectivity index (χ4n) is 5.50. The summed E-state index contributed by atoms with van der Waals surface area (Å²) in [6.45, 7) is 11.7. The average molecular weight is 679 g/mol. The van der Waals surface area contributed by atoms with Crippen molar-refractivity contribution in [1.29, 1.82) is 0 Å². The van der Waals surface area contributed by atoms with Crippen LogP contribution in [0.4, 0.5) is 0 Å². The highest BCUT2D eigenvalue weighted by Crippen LogP contribution is 2.31. The number of hydrogen-bond acceptors (Lipinski definition) is 12. The van der Waals surface area contributed by atoms with Crippen LogP contribution < -0.4 is 31.9 Å². The molecule has 15 heteroatoms. The number of amides is 3. The molecule has 0 unspecified atom stereocenters. The maximum absolute atomic E-state index is 12.6. The van der Waals surface area contributed by atoms with Gasteiger partial charge in [-0.25, -0.2) is 14.4 Å². The second kappa shape index (κ2) is 21.7. The van der Waals surface area contributed by atoms with Crippen LogP contribution in [0.1, 0.15) is 74.9 Å². The molecule has 0 heterocycles. The molecule has 0 aliphatic rings. The van der Waals surface area contributed by atoms with Gasteiger partial charge in [-0.05, 0) is 73.4 Å². The average Bonchev–Trinajstić information content (AvgIpc) is 3.06. The number of benzene rings is 1. The first kappa shape index (κ1) is 41.9. The van der Waals surface area contributed by atoms with Crippen molar-refractivity contribution in [2.24, 2.45) is 0 Å². The summed E-state index contributed by atoms with van der Waals surface area (Å²) >= 11 is 0. The van der Waals surface area contributed by atoms with Crippen molar-refractivity contribution in [2.75, 3.05) is 41.0 Å². The Kier molecular flexibility index (Phi) is 19.0. The van der Waals surface area contributed by atoms with Gasteiger partial charge in [-0.3, -0.25) is 14.4 Å². The normalized spacial score (nSPS) is 12.7. The van der Waals surface area contributed by atoms with E-state index in [2.05, 4.69) is 46.1 Å². The number of carbonyl (C=O) groups is 6. The second-order valence-corrected chi connectivity index (χ2v) is 11.2. The number of ether oxygens (including phenoxy) is 3. The summed E-state index contributed by atoms with van der Waals surface area (Å²) in [6, 6.07) is -2.37. The van der Waals surface area contributed by atoms with E-state index in [9.17, 15) is 28.8 Å². The topological polar surface area (TPSA) is 202 Å². The summed E-state index contributed by atoms with van der Waals surface area (Å²) in [5.41, 5.74) is 6.24. The molecule has 0 spiro atoms. The van der Waals surface area contributed by atoms with Gasteiger partial charge in [0, 0.05) is 19.6 Å². The molecule has 15 nitrogen and oxygen atoms in total. The first-order valence-corrected chi connectivity index (χ1v) is 16.2. The number of rotatable bonds is 21. The third kappa shape index (κ3) is 12.8. The Bertz CT molecular complexity index is 1110. The lowest BCUT2D eigenvalue weighted by molar-refractivity contribution is -0.144. The fourth-order valence-corrected chi connectivity index (χ4v) is 5.50. The predicted octanol–water partition coefficient (Wildman–Crippen LogP) is -0.324. The first-order chi connectivity index (χ1) is 22.8. The van der Waals surface area contributed by atoms with Crippen LogP contribution in [0.25, 0.3) is 0 Å². The minimum atomic E-state index is -0.790. The van der Waals surface area contributed by atoms with Gasteiger partial charge in [-0.15, -0.1) is 0 Å². The Balaban J connectivity index is 3.38. The van der Waals surface area contributed by atoms with Crippen LogP contribution in [-0.2, 0) is 81.9 Å². The molecule has 3 amide bonds. The fraction of sp³-hybridized carbons (Fsp3) is 0.636. The lowest BCUT2D eigenvalue weighted by Gasteiger charge is -2.27. The molecule has 1 aromatic rings. The molecule has 270 valence electrons. The smallest absolute Gasteiger partial charge is 0.328 e. The second-order valence-electron chi connectivity index (χ2n) is 11.2. The molecule has 1 rings (SSSR count). The molecule has 6 N–H and O–H groups in total. The van der Waals surface area contributed by atoms with E-state index in [1.54, 1.807) is 20.8 Å². The van der Waals surface area contributed by atoms with Gasteiger partial charge in [0.05, 0.1) is 41.0 Å².